The fourth-order valence-corrected chi connectivity index (χ4v) is 2.72. The van der Waals surface area contributed by atoms with Crippen molar-refractivity contribution in [3.63, 3.8) is 0 Å². The Bertz CT molecular complexity index is 407. The first-order valence-electron chi connectivity index (χ1n) is 7.58. The number of amides is 1. The first-order valence-corrected chi connectivity index (χ1v) is 7.58. The first kappa shape index (κ1) is 15.0. The monoisotopic (exact) mass is 275 g/mol. The van der Waals surface area contributed by atoms with Gasteiger partial charge in [0.1, 0.15) is 0 Å². The number of hydrogen-bond acceptors (Lipinski definition) is 3. The minimum atomic E-state index is 0.173. The van der Waals surface area contributed by atoms with Gasteiger partial charge in [-0.3, -0.25) is 4.79 Å². The number of hydrogen-bond donors (Lipinski definition) is 2. The lowest BCUT2D eigenvalue weighted by Gasteiger charge is -2.36. The van der Waals surface area contributed by atoms with Gasteiger partial charge in [-0.2, -0.15) is 0 Å². The molecule has 1 saturated heterocycles. The van der Waals surface area contributed by atoms with E-state index in [0.717, 1.165) is 38.9 Å². The summed E-state index contributed by atoms with van der Waals surface area (Å²) in [4.78, 5) is 14.4. The molecule has 110 valence electrons. The van der Waals surface area contributed by atoms with Gasteiger partial charge in [0.05, 0.1) is 6.04 Å². The van der Waals surface area contributed by atoms with Crippen LogP contribution in [0.15, 0.2) is 30.3 Å². The SMILES string of the molecule is NCCCCCC(=O)N1CCNCC1c1ccccc1. The molecule has 0 bridgehead atoms. The molecule has 1 amide bonds. The molecular weight excluding hydrogens is 250 g/mol. The van der Waals surface area contributed by atoms with Crippen LogP contribution < -0.4 is 11.1 Å². The number of nitrogens with one attached hydrogen (secondary N) is 1. The Kier molecular flexibility index (Phi) is 6.02. The fraction of sp³-hybridized carbons (Fsp3) is 0.562. The average molecular weight is 275 g/mol. The van der Waals surface area contributed by atoms with E-state index in [1.165, 1.54) is 5.56 Å². The van der Waals surface area contributed by atoms with Crippen LogP contribution in [0.5, 0.6) is 0 Å². The maximum Gasteiger partial charge on any atom is 0.223 e. The topological polar surface area (TPSA) is 58.4 Å². The Morgan fingerprint density at radius 1 is 1.25 bits per heavy atom. The molecule has 3 N–H and O–H groups in total. The number of unbranched alkanes of at least 4 members (excludes halogenated alkanes) is 2. The lowest BCUT2D eigenvalue weighted by molar-refractivity contribution is -0.134. The van der Waals surface area contributed by atoms with E-state index in [1.807, 2.05) is 23.1 Å². The molecule has 2 rings (SSSR count). The van der Waals surface area contributed by atoms with Gasteiger partial charge >= 0.3 is 0 Å². The number of piperazine rings is 1. The lowest BCUT2D eigenvalue weighted by Crippen LogP contribution is -2.48. The summed E-state index contributed by atoms with van der Waals surface area (Å²) in [5.74, 6) is 0.275. The van der Waals surface area contributed by atoms with Gasteiger partial charge in [0, 0.05) is 26.1 Å². The molecule has 0 spiro atoms. The van der Waals surface area contributed by atoms with Crippen LogP contribution in [0.4, 0.5) is 0 Å². The molecule has 1 atom stereocenters. The Labute approximate surface area is 121 Å². The molecule has 0 saturated carbocycles. The van der Waals surface area contributed by atoms with Crippen LogP contribution in [0.1, 0.15) is 37.3 Å². The summed E-state index contributed by atoms with van der Waals surface area (Å²) in [5, 5.41) is 3.38. The Morgan fingerprint density at radius 3 is 2.80 bits per heavy atom. The minimum absolute atomic E-state index is 0.173. The number of carbonyl (C=O) groups excluding carboxylic acids is 1. The van der Waals surface area contributed by atoms with Crippen LogP contribution >= 0.6 is 0 Å². The Hall–Kier alpha value is -1.39. The maximum absolute atomic E-state index is 12.4. The number of nitrogens with two attached hydrogens (primary N) is 1. The molecule has 0 aliphatic carbocycles. The van der Waals surface area contributed by atoms with E-state index in [2.05, 4.69) is 17.4 Å². The smallest absolute Gasteiger partial charge is 0.223 e. The van der Waals surface area contributed by atoms with Crippen LogP contribution in [-0.4, -0.2) is 37.0 Å². The van der Waals surface area contributed by atoms with E-state index in [9.17, 15) is 4.79 Å². The predicted octanol–water partition coefficient (Wildman–Crippen LogP) is 1.68. The van der Waals surface area contributed by atoms with Gasteiger partial charge in [-0.25, -0.2) is 0 Å². The number of rotatable bonds is 6. The quantitative estimate of drug-likeness (QED) is 0.777. The number of nitrogens with zero attached hydrogens (tertiary/aromatic N) is 1. The minimum Gasteiger partial charge on any atom is -0.333 e. The zero-order chi connectivity index (χ0) is 14.2. The molecule has 20 heavy (non-hydrogen) atoms. The van der Waals surface area contributed by atoms with E-state index in [-0.39, 0.29) is 11.9 Å². The van der Waals surface area contributed by atoms with Crippen molar-refractivity contribution in [1.82, 2.24) is 10.2 Å². The molecule has 1 aromatic carbocycles. The molecule has 4 nitrogen and oxygen atoms in total. The third-order valence-corrected chi connectivity index (χ3v) is 3.84. The van der Waals surface area contributed by atoms with E-state index < -0.39 is 0 Å². The number of carbonyl (C=O) groups is 1. The second kappa shape index (κ2) is 8.02. The van der Waals surface area contributed by atoms with Gasteiger partial charge in [0.15, 0.2) is 0 Å². The molecule has 1 unspecified atom stereocenters. The normalized spacial score (nSPS) is 19.1. The van der Waals surface area contributed by atoms with E-state index in [0.29, 0.717) is 13.0 Å². The van der Waals surface area contributed by atoms with Crippen molar-refractivity contribution < 1.29 is 4.79 Å². The van der Waals surface area contributed by atoms with Crippen LogP contribution in [-0.2, 0) is 4.79 Å². The highest BCUT2D eigenvalue weighted by molar-refractivity contribution is 5.76. The van der Waals surface area contributed by atoms with Gasteiger partial charge < -0.3 is 16.0 Å². The van der Waals surface area contributed by atoms with Crippen LogP contribution in [0, 0.1) is 0 Å². The summed E-state index contributed by atoms with van der Waals surface area (Å²) in [7, 11) is 0. The first-order chi connectivity index (χ1) is 9.83. The van der Waals surface area contributed by atoms with Crippen molar-refractivity contribution in [1.29, 1.82) is 0 Å². The summed E-state index contributed by atoms with van der Waals surface area (Å²) < 4.78 is 0. The van der Waals surface area contributed by atoms with Gasteiger partial charge in [-0.1, -0.05) is 36.8 Å². The maximum atomic E-state index is 12.4. The van der Waals surface area contributed by atoms with Crippen molar-refractivity contribution in [3.8, 4) is 0 Å². The third kappa shape index (κ3) is 4.05. The molecule has 1 aromatic rings. The van der Waals surface area contributed by atoms with Crippen molar-refractivity contribution >= 4 is 5.91 Å². The van der Waals surface area contributed by atoms with Crippen LogP contribution in [0.3, 0.4) is 0 Å². The van der Waals surface area contributed by atoms with Gasteiger partial charge in [0.2, 0.25) is 5.91 Å². The molecule has 0 aromatic heterocycles. The predicted molar refractivity (Wildman–Crippen MR) is 81.3 cm³/mol. The summed E-state index contributed by atoms with van der Waals surface area (Å²) >= 11 is 0. The van der Waals surface area contributed by atoms with E-state index in [1.54, 1.807) is 0 Å². The standard InChI is InChI=1S/C16H25N3O/c17-10-6-2-5-9-16(20)19-12-11-18-13-15(19)14-7-3-1-4-8-14/h1,3-4,7-8,15,18H,2,5-6,9-13,17H2. The zero-order valence-electron chi connectivity index (χ0n) is 12.1. The molecule has 1 heterocycles. The molecule has 1 aliphatic heterocycles. The van der Waals surface area contributed by atoms with Gasteiger partial charge in [0.25, 0.3) is 0 Å². The lowest BCUT2D eigenvalue weighted by atomic mass is 10.0. The average Bonchev–Trinajstić information content (AvgIpc) is 2.52. The third-order valence-electron chi connectivity index (χ3n) is 3.84. The Morgan fingerprint density at radius 2 is 2.05 bits per heavy atom. The van der Waals surface area contributed by atoms with Crippen molar-refractivity contribution in [2.24, 2.45) is 5.73 Å². The molecule has 1 fully saturated rings. The highest BCUT2D eigenvalue weighted by Crippen LogP contribution is 2.23. The summed E-state index contributed by atoms with van der Waals surface area (Å²) in [6, 6.07) is 10.5. The Balaban J connectivity index is 1.94. The van der Waals surface area contributed by atoms with Gasteiger partial charge in [-0.15, -0.1) is 0 Å². The van der Waals surface area contributed by atoms with Crippen LogP contribution in [0.2, 0.25) is 0 Å². The number of benzene rings is 1. The molecule has 0 radical (unpaired) electrons. The van der Waals surface area contributed by atoms with E-state index >= 15 is 0 Å². The molecule has 1 aliphatic rings. The highest BCUT2D eigenvalue weighted by Gasteiger charge is 2.26. The van der Waals surface area contributed by atoms with E-state index in [4.69, 9.17) is 5.73 Å². The summed E-state index contributed by atoms with van der Waals surface area (Å²) in [6.07, 6.45) is 3.64. The fourth-order valence-electron chi connectivity index (χ4n) is 2.72. The second-order valence-electron chi connectivity index (χ2n) is 5.32. The molecule has 4 heteroatoms. The summed E-state index contributed by atoms with van der Waals surface area (Å²) in [5.41, 5.74) is 6.70. The van der Waals surface area contributed by atoms with Crippen LogP contribution in [0.25, 0.3) is 0 Å². The molecular formula is C16H25N3O. The zero-order valence-corrected chi connectivity index (χ0v) is 12.1. The largest absolute Gasteiger partial charge is 0.333 e. The summed E-state index contributed by atoms with van der Waals surface area (Å²) in [6.45, 7) is 3.25. The van der Waals surface area contributed by atoms with Crippen molar-refractivity contribution in [2.45, 2.75) is 31.7 Å². The second-order valence-corrected chi connectivity index (χ2v) is 5.32. The van der Waals surface area contributed by atoms with Crippen molar-refractivity contribution in [3.05, 3.63) is 35.9 Å². The van der Waals surface area contributed by atoms with Crippen molar-refractivity contribution in [2.75, 3.05) is 26.2 Å². The van der Waals surface area contributed by atoms with Gasteiger partial charge in [-0.05, 0) is 24.9 Å². The highest BCUT2D eigenvalue weighted by atomic mass is 16.2.